The number of nitrogens with one attached hydrogen (secondary N) is 1. The molecule has 0 radical (unpaired) electrons. The second-order valence-corrected chi connectivity index (χ2v) is 5.63. The van der Waals surface area contributed by atoms with Crippen molar-refractivity contribution in [3.05, 3.63) is 0 Å². The van der Waals surface area contributed by atoms with E-state index in [2.05, 4.69) is 15.4 Å². The standard InChI is InChI=1S/C13H24N4O2/c14-12(16-19)9-17-7-5-11(6-8-17)15-13(18)10-3-1-2-4-10/h10-11,19H,1-9H2,(H2,14,16)(H,15,18). The molecule has 1 heterocycles. The van der Waals surface area contributed by atoms with Gasteiger partial charge in [0.15, 0.2) is 5.84 Å². The van der Waals surface area contributed by atoms with Crippen molar-refractivity contribution in [1.82, 2.24) is 10.2 Å². The fourth-order valence-electron chi connectivity index (χ4n) is 3.00. The highest BCUT2D eigenvalue weighted by Crippen LogP contribution is 2.25. The van der Waals surface area contributed by atoms with E-state index in [0.29, 0.717) is 6.54 Å². The van der Waals surface area contributed by atoms with Gasteiger partial charge >= 0.3 is 0 Å². The fraction of sp³-hybridized carbons (Fsp3) is 0.846. The molecule has 0 aromatic rings. The Bertz CT molecular complexity index is 332. The van der Waals surface area contributed by atoms with E-state index in [-0.39, 0.29) is 23.7 Å². The molecule has 1 aliphatic heterocycles. The summed E-state index contributed by atoms with van der Waals surface area (Å²) in [5.74, 6) is 0.732. The lowest BCUT2D eigenvalue weighted by molar-refractivity contribution is -0.125. The van der Waals surface area contributed by atoms with Gasteiger partial charge in [0.05, 0.1) is 6.54 Å². The maximum Gasteiger partial charge on any atom is 0.223 e. The Labute approximate surface area is 114 Å². The highest BCUT2D eigenvalue weighted by atomic mass is 16.4. The molecular weight excluding hydrogens is 244 g/mol. The number of hydrogen-bond acceptors (Lipinski definition) is 4. The van der Waals surface area contributed by atoms with E-state index < -0.39 is 0 Å². The number of carbonyl (C=O) groups is 1. The smallest absolute Gasteiger partial charge is 0.223 e. The van der Waals surface area contributed by atoms with Crippen molar-refractivity contribution in [2.75, 3.05) is 19.6 Å². The molecular formula is C13H24N4O2. The first-order valence-electron chi connectivity index (χ1n) is 7.18. The fourth-order valence-corrected chi connectivity index (χ4v) is 3.00. The van der Waals surface area contributed by atoms with Crippen LogP contribution >= 0.6 is 0 Å². The first kappa shape index (κ1) is 14.1. The molecule has 2 rings (SSSR count). The molecule has 0 bridgehead atoms. The Morgan fingerprint density at radius 2 is 1.89 bits per heavy atom. The summed E-state index contributed by atoms with van der Waals surface area (Å²) in [6, 6.07) is 0.289. The van der Waals surface area contributed by atoms with Crippen molar-refractivity contribution in [2.24, 2.45) is 16.8 Å². The van der Waals surface area contributed by atoms with Crippen LogP contribution in [0.3, 0.4) is 0 Å². The normalized spacial score (nSPS) is 23.7. The van der Waals surface area contributed by atoms with Crippen LogP contribution in [-0.4, -0.2) is 47.5 Å². The second kappa shape index (κ2) is 6.75. The molecule has 2 aliphatic rings. The minimum absolute atomic E-state index is 0.243. The molecule has 2 fully saturated rings. The third-order valence-electron chi connectivity index (χ3n) is 4.17. The number of nitrogens with two attached hydrogens (primary N) is 1. The van der Waals surface area contributed by atoms with E-state index >= 15 is 0 Å². The first-order valence-corrected chi connectivity index (χ1v) is 7.18. The molecule has 0 atom stereocenters. The van der Waals surface area contributed by atoms with Crippen LogP contribution in [0.25, 0.3) is 0 Å². The van der Waals surface area contributed by atoms with Crippen molar-refractivity contribution in [2.45, 2.75) is 44.6 Å². The van der Waals surface area contributed by atoms with Gasteiger partial charge in [-0.3, -0.25) is 9.69 Å². The SMILES string of the molecule is NC(CN1CCC(NC(=O)C2CCCC2)CC1)=NO. The summed E-state index contributed by atoms with van der Waals surface area (Å²) >= 11 is 0. The Morgan fingerprint density at radius 1 is 1.26 bits per heavy atom. The van der Waals surface area contributed by atoms with E-state index in [1.54, 1.807) is 0 Å². The molecule has 1 saturated heterocycles. The topological polar surface area (TPSA) is 91.0 Å². The molecule has 0 aromatic heterocycles. The molecule has 0 aromatic carbocycles. The van der Waals surface area contributed by atoms with Crippen molar-refractivity contribution in [3.8, 4) is 0 Å². The van der Waals surface area contributed by atoms with Crippen LogP contribution in [0, 0.1) is 5.92 Å². The average Bonchev–Trinajstić information content (AvgIpc) is 2.95. The number of amidine groups is 1. The molecule has 0 unspecified atom stereocenters. The third-order valence-corrected chi connectivity index (χ3v) is 4.17. The summed E-state index contributed by atoms with van der Waals surface area (Å²) in [6.07, 6.45) is 6.36. The zero-order valence-electron chi connectivity index (χ0n) is 11.3. The Kier molecular flexibility index (Phi) is 5.01. The molecule has 0 spiro atoms. The van der Waals surface area contributed by atoms with Gasteiger partial charge in [-0.05, 0) is 25.7 Å². The summed E-state index contributed by atoms with van der Waals surface area (Å²) in [6.45, 7) is 2.26. The number of piperidine rings is 1. The van der Waals surface area contributed by atoms with Gasteiger partial charge in [0, 0.05) is 25.0 Å². The van der Waals surface area contributed by atoms with Gasteiger partial charge in [0.2, 0.25) is 5.91 Å². The third kappa shape index (κ3) is 4.09. The monoisotopic (exact) mass is 268 g/mol. The van der Waals surface area contributed by atoms with Crippen molar-refractivity contribution < 1.29 is 10.0 Å². The summed E-state index contributed by atoms with van der Waals surface area (Å²) in [5, 5.41) is 14.7. The van der Waals surface area contributed by atoms with Gasteiger partial charge in [-0.15, -0.1) is 0 Å². The first-order chi connectivity index (χ1) is 9.19. The van der Waals surface area contributed by atoms with Gasteiger partial charge < -0.3 is 16.3 Å². The lowest BCUT2D eigenvalue weighted by atomic mass is 10.0. The van der Waals surface area contributed by atoms with Crippen LogP contribution in [0.1, 0.15) is 38.5 Å². The molecule has 1 saturated carbocycles. The molecule has 1 aliphatic carbocycles. The summed E-state index contributed by atoms with van der Waals surface area (Å²) in [4.78, 5) is 14.2. The van der Waals surface area contributed by atoms with Crippen molar-refractivity contribution >= 4 is 11.7 Å². The van der Waals surface area contributed by atoms with Gasteiger partial charge in [-0.2, -0.15) is 0 Å². The number of hydrogen-bond donors (Lipinski definition) is 3. The minimum atomic E-state index is 0.243. The maximum absolute atomic E-state index is 12.0. The van der Waals surface area contributed by atoms with E-state index in [4.69, 9.17) is 10.9 Å². The largest absolute Gasteiger partial charge is 0.409 e. The number of likely N-dealkylation sites (tertiary alicyclic amines) is 1. The molecule has 6 heteroatoms. The Balaban J connectivity index is 1.69. The number of amides is 1. The van der Waals surface area contributed by atoms with Gasteiger partial charge in [-0.25, -0.2) is 0 Å². The van der Waals surface area contributed by atoms with Gasteiger partial charge in [-0.1, -0.05) is 18.0 Å². The Hall–Kier alpha value is -1.30. The lowest BCUT2D eigenvalue weighted by Gasteiger charge is -2.32. The molecule has 6 nitrogen and oxygen atoms in total. The van der Waals surface area contributed by atoms with E-state index in [1.807, 2.05) is 0 Å². The van der Waals surface area contributed by atoms with Crippen molar-refractivity contribution in [1.29, 1.82) is 0 Å². The average molecular weight is 268 g/mol. The molecule has 1 amide bonds. The quantitative estimate of drug-likeness (QED) is 0.300. The van der Waals surface area contributed by atoms with E-state index in [1.165, 1.54) is 12.8 Å². The highest BCUT2D eigenvalue weighted by molar-refractivity contribution is 5.81. The number of rotatable bonds is 4. The number of carbonyl (C=O) groups excluding carboxylic acids is 1. The zero-order valence-corrected chi connectivity index (χ0v) is 11.3. The number of oxime groups is 1. The Morgan fingerprint density at radius 3 is 2.47 bits per heavy atom. The van der Waals surface area contributed by atoms with Crippen LogP contribution in [0.15, 0.2) is 5.16 Å². The number of nitrogens with zero attached hydrogens (tertiary/aromatic N) is 2. The van der Waals surface area contributed by atoms with Crippen LogP contribution in [-0.2, 0) is 4.79 Å². The predicted molar refractivity (Wildman–Crippen MR) is 73.0 cm³/mol. The molecule has 19 heavy (non-hydrogen) atoms. The van der Waals surface area contributed by atoms with Crippen molar-refractivity contribution in [3.63, 3.8) is 0 Å². The molecule has 108 valence electrons. The molecule has 4 N–H and O–H groups in total. The van der Waals surface area contributed by atoms with E-state index in [9.17, 15) is 4.79 Å². The highest BCUT2D eigenvalue weighted by Gasteiger charge is 2.26. The van der Waals surface area contributed by atoms with Gasteiger partial charge in [0.1, 0.15) is 0 Å². The van der Waals surface area contributed by atoms with E-state index in [0.717, 1.165) is 38.8 Å². The summed E-state index contributed by atoms with van der Waals surface area (Å²) in [5.41, 5.74) is 5.49. The second-order valence-electron chi connectivity index (χ2n) is 5.63. The minimum Gasteiger partial charge on any atom is -0.409 e. The van der Waals surface area contributed by atoms with Crippen LogP contribution < -0.4 is 11.1 Å². The maximum atomic E-state index is 12.0. The van der Waals surface area contributed by atoms with Gasteiger partial charge in [0.25, 0.3) is 0 Å². The predicted octanol–water partition coefficient (Wildman–Crippen LogP) is 0.504. The zero-order chi connectivity index (χ0) is 13.7. The van der Waals surface area contributed by atoms with Crippen LogP contribution in [0.4, 0.5) is 0 Å². The lowest BCUT2D eigenvalue weighted by Crippen LogP contribution is -2.47. The van der Waals surface area contributed by atoms with Crippen LogP contribution in [0.2, 0.25) is 0 Å². The summed E-state index contributed by atoms with van der Waals surface area (Å²) in [7, 11) is 0. The summed E-state index contributed by atoms with van der Waals surface area (Å²) < 4.78 is 0. The van der Waals surface area contributed by atoms with Crippen LogP contribution in [0.5, 0.6) is 0 Å².